The van der Waals surface area contributed by atoms with Gasteiger partial charge in [0.05, 0.1) is 23.2 Å². The Morgan fingerprint density at radius 3 is 2.30 bits per heavy atom. The van der Waals surface area contributed by atoms with Crippen LogP contribution in [0, 0.1) is 56.7 Å². The molecule has 298 valence electrons. The molecule has 1 aromatic heterocycles. The SMILES string of the molecule is C[C@]12CC[C@H]3[C@@]4(C=C[C@@]5(C=C4C(=O)c4ccc(-c6cc(C(F)(F)F)ccc6Cl)o4)C[C@@H](O)CC[C@]35C)[C@@H]1CC[C@@]21CN(CC23CC4CC(CC(C4)C2)C3)C(=O)O1. The van der Waals surface area contributed by atoms with Crippen LogP contribution in [-0.4, -0.2) is 46.7 Å². The van der Waals surface area contributed by atoms with Gasteiger partial charge < -0.3 is 19.2 Å². The summed E-state index contributed by atoms with van der Waals surface area (Å²) in [6.07, 6.45) is 14.6. The summed E-state index contributed by atoms with van der Waals surface area (Å²) in [5, 5.41) is 11.2. The van der Waals surface area contributed by atoms with Crippen molar-refractivity contribution in [2.75, 3.05) is 13.1 Å². The first-order chi connectivity index (χ1) is 26.5. The van der Waals surface area contributed by atoms with Gasteiger partial charge in [0, 0.05) is 33.9 Å². The van der Waals surface area contributed by atoms with Crippen LogP contribution in [0.3, 0.4) is 0 Å². The molecule has 8 atom stereocenters. The first-order valence-corrected chi connectivity index (χ1v) is 21.5. The van der Waals surface area contributed by atoms with E-state index in [9.17, 15) is 23.1 Å². The van der Waals surface area contributed by atoms with E-state index in [1.807, 2.05) is 0 Å². The number of hydrogen-bond acceptors (Lipinski definition) is 5. The predicted molar refractivity (Wildman–Crippen MR) is 203 cm³/mol. The number of furan rings is 1. The summed E-state index contributed by atoms with van der Waals surface area (Å²) in [7, 11) is 0. The number of rotatable bonds is 5. The molecular formula is C46H51ClF3NO5. The van der Waals surface area contributed by atoms with Gasteiger partial charge >= 0.3 is 12.3 Å². The number of Topliss-reactive ketones (excluding diaryl/α,β-unsaturated/α-hetero) is 1. The van der Waals surface area contributed by atoms with Crippen molar-refractivity contribution in [3.8, 4) is 11.3 Å². The van der Waals surface area contributed by atoms with Crippen LogP contribution in [-0.2, 0) is 10.9 Å². The van der Waals surface area contributed by atoms with Crippen molar-refractivity contribution in [3.05, 3.63) is 70.5 Å². The smallest absolute Gasteiger partial charge is 0.416 e. The molecule has 1 N–H and O–H groups in total. The maximum atomic E-state index is 15.1. The van der Waals surface area contributed by atoms with Crippen molar-refractivity contribution in [3.63, 3.8) is 0 Å². The van der Waals surface area contributed by atoms with Gasteiger partial charge in [-0.3, -0.25) is 4.79 Å². The molecule has 6 bridgehead atoms. The lowest BCUT2D eigenvalue weighted by Crippen LogP contribution is -2.67. The molecule has 1 aromatic carbocycles. The first kappa shape index (κ1) is 36.1. The molecule has 11 aliphatic rings. The van der Waals surface area contributed by atoms with Gasteiger partial charge in [0.25, 0.3) is 0 Å². The van der Waals surface area contributed by atoms with E-state index in [0.717, 1.165) is 68.5 Å². The highest BCUT2D eigenvalue weighted by atomic mass is 35.5. The lowest BCUT2D eigenvalue weighted by Gasteiger charge is -2.71. The third-order valence-corrected chi connectivity index (χ3v) is 18.3. The third kappa shape index (κ3) is 4.62. The Morgan fingerprint density at radius 2 is 1.59 bits per heavy atom. The van der Waals surface area contributed by atoms with Gasteiger partial charge in [-0.15, -0.1) is 0 Å². The fourth-order valence-corrected chi connectivity index (χ4v) is 16.2. The molecule has 10 aliphatic carbocycles. The van der Waals surface area contributed by atoms with Crippen LogP contribution in [0.5, 0.6) is 0 Å². The summed E-state index contributed by atoms with van der Waals surface area (Å²) >= 11 is 6.41. The van der Waals surface area contributed by atoms with Crippen molar-refractivity contribution >= 4 is 23.5 Å². The van der Waals surface area contributed by atoms with Gasteiger partial charge in [0.1, 0.15) is 11.4 Å². The Hall–Kier alpha value is -3.04. The molecule has 2 heterocycles. The zero-order valence-electron chi connectivity index (χ0n) is 32.2. The van der Waals surface area contributed by atoms with E-state index in [-0.39, 0.29) is 56.6 Å². The number of ketones is 1. The molecule has 2 aromatic rings. The van der Waals surface area contributed by atoms with Crippen molar-refractivity contribution < 1.29 is 37.0 Å². The van der Waals surface area contributed by atoms with Crippen molar-refractivity contribution in [1.29, 1.82) is 0 Å². The third-order valence-electron chi connectivity index (χ3n) is 18.0. The standard InChI is InChI=1S/C46H51ClF3NO5/c1-40-10-7-30(52)22-43(40)13-14-45(32(23-43)38(53)35-6-5-34(55-35)31-18-29(46(48,49)50)3-4-33(31)47)36(40)8-11-41(2)37(45)9-12-44(41)25-51(39(54)56-44)24-42-19-26-15-27(20-42)17-28(16-26)21-42/h3-6,13-14,18,23,26-28,30,36-37,52H,7-12,15-17,19-22,24-25H2,1-2H3/t26?,27?,28?,30-,36+,37+,40+,41-,42?,43-,44+,45-/m0/s1. The number of benzene rings is 1. The second-order valence-corrected chi connectivity index (χ2v) is 21.0. The fraction of sp³-hybridized carbons (Fsp3) is 0.652. The maximum absolute atomic E-state index is 15.1. The molecule has 8 fully saturated rings. The maximum Gasteiger partial charge on any atom is 0.416 e. The normalized spacial score (nSPS) is 45.5. The largest absolute Gasteiger partial charge is 0.453 e. The van der Waals surface area contributed by atoms with Crippen LogP contribution in [0.2, 0.25) is 5.02 Å². The number of fused-ring (bicyclic) bond motifs is 2. The van der Waals surface area contributed by atoms with Crippen molar-refractivity contribution in [2.24, 2.45) is 56.7 Å². The first-order valence-electron chi connectivity index (χ1n) is 21.1. The van der Waals surface area contributed by atoms with Gasteiger partial charge in [0.15, 0.2) is 5.76 Å². The molecule has 1 saturated heterocycles. The Labute approximate surface area is 331 Å². The number of alkyl halides is 3. The average Bonchev–Trinajstić information content (AvgIpc) is 3.82. The number of carbonyl (C=O) groups is 2. The van der Waals surface area contributed by atoms with Gasteiger partial charge in [0.2, 0.25) is 5.78 Å². The number of halogens is 4. The molecule has 0 radical (unpaired) electrons. The summed E-state index contributed by atoms with van der Waals surface area (Å²) in [6.45, 7) is 6.05. The molecule has 1 aliphatic heterocycles. The second kappa shape index (κ2) is 11.4. The number of aliphatic hydroxyl groups is 1. The predicted octanol–water partition coefficient (Wildman–Crippen LogP) is 11.1. The van der Waals surface area contributed by atoms with E-state index in [4.69, 9.17) is 20.8 Å². The van der Waals surface area contributed by atoms with Crippen LogP contribution >= 0.6 is 11.6 Å². The number of aliphatic hydroxyl groups excluding tert-OH is 1. The molecule has 3 spiro atoms. The van der Waals surface area contributed by atoms with E-state index >= 15 is 4.79 Å². The summed E-state index contributed by atoms with van der Waals surface area (Å²) < 4.78 is 54.0. The second-order valence-electron chi connectivity index (χ2n) is 20.6. The van der Waals surface area contributed by atoms with Crippen molar-refractivity contribution in [1.82, 2.24) is 4.90 Å². The minimum absolute atomic E-state index is 0.00168. The van der Waals surface area contributed by atoms with Crippen molar-refractivity contribution in [2.45, 2.75) is 115 Å². The highest BCUT2D eigenvalue weighted by molar-refractivity contribution is 6.33. The summed E-state index contributed by atoms with van der Waals surface area (Å²) in [6, 6.07) is 6.18. The highest BCUT2D eigenvalue weighted by Gasteiger charge is 2.76. The Morgan fingerprint density at radius 1 is 0.911 bits per heavy atom. The van der Waals surface area contributed by atoms with Crippen LogP contribution in [0.4, 0.5) is 18.0 Å². The molecule has 13 rings (SSSR count). The van der Waals surface area contributed by atoms with E-state index in [0.29, 0.717) is 25.0 Å². The summed E-state index contributed by atoms with van der Waals surface area (Å²) in [4.78, 5) is 31.3. The Bertz CT molecular complexity index is 2090. The zero-order valence-corrected chi connectivity index (χ0v) is 33.0. The molecule has 10 heteroatoms. The summed E-state index contributed by atoms with van der Waals surface area (Å²) in [5.74, 6) is 2.36. The molecular weight excluding hydrogens is 739 g/mol. The quantitative estimate of drug-likeness (QED) is 0.241. The lowest BCUT2D eigenvalue weighted by molar-refractivity contribution is -0.165. The van der Waals surface area contributed by atoms with Crippen LogP contribution < -0.4 is 0 Å². The summed E-state index contributed by atoms with van der Waals surface area (Å²) in [5.41, 5.74) is -2.39. The Kier molecular flexibility index (Phi) is 7.32. The van der Waals surface area contributed by atoms with Gasteiger partial charge in [-0.25, -0.2) is 4.79 Å². The fourth-order valence-electron chi connectivity index (χ4n) is 16.0. The van der Waals surface area contributed by atoms with E-state index in [2.05, 4.69) is 37.0 Å². The zero-order chi connectivity index (χ0) is 38.8. The molecule has 6 nitrogen and oxygen atoms in total. The van der Waals surface area contributed by atoms with Crippen LogP contribution in [0.25, 0.3) is 11.3 Å². The number of amides is 1. The average molecular weight is 790 g/mol. The van der Waals surface area contributed by atoms with E-state index in [1.54, 1.807) is 6.07 Å². The molecule has 7 saturated carbocycles. The van der Waals surface area contributed by atoms with Gasteiger partial charge in [-0.2, -0.15) is 13.2 Å². The highest BCUT2D eigenvalue weighted by Crippen LogP contribution is 2.79. The number of carbonyl (C=O) groups excluding carboxylic acids is 2. The van der Waals surface area contributed by atoms with E-state index < -0.39 is 39.7 Å². The van der Waals surface area contributed by atoms with E-state index in [1.165, 1.54) is 50.7 Å². The number of nitrogens with zero attached hydrogens (tertiary/aromatic N) is 1. The monoisotopic (exact) mass is 789 g/mol. The van der Waals surface area contributed by atoms with Gasteiger partial charge in [-0.05, 0) is 154 Å². The molecule has 56 heavy (non-hydrogen) atoms. The van der Waals surface area contributed by atoms with Crippen LogP contribution in [0.15, 0.2) is 58.6 Å². The topological polar surface area (TPSA) is 80.0 Å². The lowest BCUT2D eigenvalue weighted by atomic mass is 9.32. The number of hydrogen-bond donors (Lipinski definition) is 1. The van der Waals surface area contributed by atoms with Gasteiger partial charge in [-0.1, -0.05) is 43.7 Å². The number of allylic oxidation sites excluding steroid dienone is 4. The molecule has 0 unspecified atom stereocenters. The minimum atomic E-state index is -4.57. The Balaban J connectivity index is 0.964. The van der Waals surface area contributed by atoms with Crippen LogP contribution in [0.1, 0.15) is 113 Å². The minimum Gasteiger partial charge on any atom is -0.453 e. The number of ether oxygens (including phenoxy) is 1. The molecule has 1 amide bonds.